The van der Waals surface area contributed by atoms with E-state index in [4.69, 9.17) is 0 Å². The summed E-state index contributed by atoms with van der Waals surface area (Å²) in [4.78, 5) is 0.385. The lowest BCUT2D eigenvalue weighted by atomic mass is 9.89. The van der Waals surface area contributed by atoms with Crippen LogP contribution in [0.1, 0.15) is 32.1 Å². The van der Waals surface area contributed by atoms with E-state index < -0.39 is 9.84 Å². The van der Waals surface area contributed by atoms with Crippen LogP contribution in [0.2, 0.25) is 0 Å². The van der Waals surface area contributed by atoms with Gasteiger partial charge in [-0.15, -0.1) is 0 Å². The van der Waals surface area contributed by atoms with Crippen LogP contribution in [-0.4, -0.2) is 21.2 Å². The fraction of sp³-hybridized carbons (Fsp3) is 0.571. The molecule has 4 heteroatoms. The van der Waals surface area contributed by atoms with Crippen LogP contribution < -0.4 is 5.32 Å². The number of sulfone groups is 1. The molecule has 1 aliphatic carbocycles. The Bertz CT molecular complexity index is 490. The second-order valence-electron chi connectivity index (χ2n) is 5.18. The van der Waals surface area contributed by atoms with E-state index in [2.05, 4.69) is 5.32 Å². The normalized spacial score (nSPS) is 17.6. The Morgan fingerprint density at radius 3 is 2.61 bits per heavy atom. The van der Waals surface area contributed by atoms with E-state index in [1.807, 2.05) is 6.07 Å². The molecule has 2 rings (SSSR count). The third kappa shape index (κ3) is 3.73. The fourth-order valence-electron chi connectivity index (χ4n) is 2.49. The lowest BCUT2D eigenvalue weighted by Crippen LogP contribution is -2.17. The molecule has 1 fully saturated rings. The quantitative estimate of drug-likeness (QED) is 0.912. The molecule has 18 heavy (non-hydrogen) atoms. The van der Waals surface area contributed by atoms with Crippen molar-refractivity contribution in [3.63, 3.8) is 0 Å². The van der Waals surface area contributed by atoms with Crippen molar-refractivity contribution in [2.75, 3.05) is 18.1 Å². The molecule has 0 spiro atoms. The number of hydrogen-bond acceptors (Lipinski definition) is 3. The van der Waals surface area contributed by atoms with Crippen molar-refractivity contribution in [3.8, 4) is 0 Å². The van der Waals surface area contributed by atoms with Gasteiger partial charge in [-0.05, 0) is 37.0 Å². The highest BCUT2D eigenvalue weighted by Gasteiger charge is 2.13. The predicted molar refractivity (Wildman–Crippen MR) is 74.6 cm³/mol. The van der Waals surface area contributed by atoms with Crippen molar-refractivity contribution in [1.29, 1.82) is 0 Å². The largest absolute Gasteiger partial charge is 0.385 e. The van der Waals surface area contributed by atoms with E-state index in [1.165, 1.54) is 38.4 Å². The molecule has 0 radical (unpaired) electrons. The van der Waals surface area contributed by atoms with E-state index >= 15 is 0 Å². The zero-order valence-electron chi connectivity index (χ0n) is 10.9. The van der Waals surface area contributed by atoms with Gasteiger partial charge in [-0.1, -0.05) is 25.3 Å². The fourth-order valence-corrected chi connectivity index (χ4v) is 3.16. The summed E-state index contributed by atoms with van der Waals surface area (Å²) in [5, 5.41) is 3.36. The smallest absolute Gasteiger partial charge is 0.175 e. The van der Waals surface area contributed by atoms with Crippen molar-refractivity contribution in [1.82, 2.24) is 0 Å². The number of anilines is 1. The van der Waals surface area contributed by atoms with Crippen molar-refractivity contribution >= 4 is 15.5 Å². The second-order valence-corrected chi connectivity index (χ2v) is 7.20. The van der Waals surface area contributed by atoms with Gasteiger partial charge in [0, 0.05) is 18.5 Å². The molecule has 0 heterocycles. The summed E-state index contributed by atoms with van der Waals surface area (Å²) < 4.78 is 22.9. The van der Waals surface area contributed by atoms with E-state index in [1.54, 1.807) is 18.2 Å². The first-order valence-electron chi connectivity index (χ1n) is 6.60. The van der Waals surface area contributed by atoms with Gasteiger partial charge >= 0.3 is 0 Å². The highest BCUT2D eigenvalue weighted by atomic mass is 32.2. The maximum Gasteiger partial charge on any atom is 0.175 e. The van der Waals surface area contributed by atoms with E-state index in [9.17, 15) is 8.42 Å². The number of benzene rings is 1. The first-order chi connectivity index (χ1) is 8.55. The summed E-state index contributed by atoms with van der Waals surface area (Å²) in [5.74, 6) is 0.737. The minimum atomic E-state index is -3.11. The Kier molecular flexibility index (Phi) is 4.27. The summed E-state index contributed by atoms with van der Waals surface area (Å²) in [5.41, 5.74) is 0.906. The van der Waals surface area contributed by atoms with Crippen molar-refractivity contribution in [2.45, 2.75) is 37.0 Å². The molecular formula is C14H21NO2S. The maximum atomic E-state index is 11.5. The van der Waals surface area contributed by atoms with Gasteiger partial charge in [0.25, 0.3) is 0 Å². The van der Waals surface area contributed by atoms with Crippen LogP contribution in [0.5, 0.6) is 0 Å². The molecule has 100 valence electrons. The molecule has 0 aromatic heterocycles. The van der Waals surface area contributed by atoms with E-state index in [0.29, 0.717) is 4.90 Å². The van der Waals surface area contributed by atoms with Crippen LogP contribution in [0.3, 0.4) is 0 Å². The van der Waals surface area contributed by atoms with Gasteiger partial charge < -0.3 is 5.32 Å². The molecule has 0 saturated heterocycles. The third-order valence-electron chi connectivity index (χ3n) is 3.58. The van der Waals surface area contributed by atoms with Gasteiger partial charge in [0.15, 0.2) is 9.84 Å². The number of rotatable bonds is 4. The zero-order valence-corrected chi connectivity index (χ0v) is 11.7. The summed E-state index contributed by atoms with van der Waals surface area (Å²) in [7, 11) is -3.11. The van der Waals surface area contributed by atoms with Crippen LogP contribution in [0.4, 0.5) is 5.69 Å². The SMILES string of the molecule is CS(=O)(=O)c1cccc(NCC2CCCCC2)c1. The highest BCUT2D eigenvalue weighted by Crippen LogP contribution is 2.24. The Hall–Kier alpha value is -1.03. The van der Waals surface area contributed by atoms with Crippen molar-refractivity contribution in [3.05, 3.63) is 24.3 Å². The molecule has 0 bridgehead atoms. The summed E-state index contributed by atoms with van der Waals surface area (Å²) in [6.07, 6.45) is 7.84. The monoisotopic (exact) mass is 267 g/mol. The predicted octanol–water partition coefficient (Wildman–Crippen LogP) is 3.08. The molecule has 3 nitrogen and oxygen atoms in total. The molecular weight excluding hydrogens is 246 g/mol. The minimum absolute atomic E-state index is 0.385. The molecule has 1 aromatic rings. The Balaban J connectivity index is 1.97. The summed E-state index contributed by atoms with van der Waals surface area (Å²) in [6.45, 7) is 0.952. The summed E-state index contributed by atoms with van der Waals surface area (Å²) in [6, 6.07) is 7.08. The average molecular weight is 267 g/mol. The van der Waals surface area contributed by atoms with Gasteiger partial charge in [0.05, 0.1) is 4.90 Å². The van der Waals surface area contributed by atoms with Crippen LogP contribution in [0.25, 0.3) is 0 Å². The van der Waals surface area contributed by atoms with Crippen LogP contribution in [0.15, 0.2) is 29.2 Å². The summed E-state index contributed by atoms with van der Waals surface area (Å²) >= 11 is 0. The molecule has 1 N–H and O–H groups in total. The first-order valence-corrected chi connectivity index (χ1v) is 8.49. The molecule has 1 saturated carbocycles. The average Bonchev–Trinajstić information content (AvgIpc) is 2.37. The van der Waals surface area contributed by atoms with Crippen LogP contribution in [-0.2, 0) is 9.84 Å². The third-order valence-corrected chi connectivity index (χ3v) is 4.69. The first kappa shape index (κ1) is 13.4. The van der Waals surface area contributed by atoms with Gasteiger partial charge in [0.2, 0.25) is 0 Å². The molecule has 0 unspecified atom stereocenters. The lowest BCUT2D eigenvalue weighted by molar-refractivity contribution is 0.373. The van der Waals surface area contributed by atoms with Gasteiger partial charge in [-0.3, -0.25) is 0 Å². The number of hydrogen-bond donors (Lipinski definition) is 1. The lowest BCUT2D eigenvalue weighted by Gasteiger charge is -2.22. The van der Waals surface area contributed by atoms with Gasteiger partial charge in [-0.25, -0.2) is 8.42 Å². The molecule has 0 aliphatic heterocycles. The second kappa shape index (κ2) is 5.74. The standard InChI is InChI=1S/C14H21NO2S/c1-18(16,17)14-9-5-8-13(10-14)15-11-12-6-3-2-4-7-12/h5,8-10,12,15H,2-4,6-7,11H2,1H3. The van der Waals surface area contributed by atoms with E-state index in [0.717, 1.165) is 18.2 Å². The van der Waals surface area contributed by atoms with Crippen LogP contribution >= 0.6 is 0 Å². The van der Waals surface area contributed by atoms with E-state index in [-0.39, 0.29) is 0 Å². The Morgan fingerprint density at radius 1 is 1.22 bits per heavy atom. The topological polar surface area (TPSA) is 46.2 Å². The van der Waals surface area contributed by atoms with Gasteiger partial charge in [0.1, 0.15) is 0 Å². The Morgan fingerprint density at radius 2 is 1.94 bits per heavy atom. The van der Waals surface area contributed by atoms with Gasteiger partial charge in [-0.2, -0.15) is 0 Å². The zero-order chi connectivity index (χ0) is 13.0. The highest BCUT2D eigenvalue weighted by molar-refractivity contribution is 7.90. The molecule has 0 amide bonds. The molecule has 1 aliphatic rings. The van der Waals surface area contributed by atoms with Crippen molar-refractivity contribution < 1.29 is 8.42 Å². The molecule has 0 atom stereocenters. The van der Waals surface area contributed by atoms with Crippen LogP contribution in [0, 0.1) is 5.92 Å². The minimum Gasteiger partial charge on any atom is -0.385 e. The molecule has 1 aromatic carbocycles. The number of nitrogens with one attached hydrogen (secondary N) is 1. The Labute approximate surface area is 110 Å². The van der Waals surface area contributed by atoms with Crippen molar-refractivity contribution in [2.24, 2.45) is 5.92 Å². The maximum absolute atomic E-state index is 11.5.